The lowest BCUT2D eigenvalue weighted by molar-refractivity contribution is -0.0999. The molecule has 0 amide bonds. The molecule has 0 heterocycles. The van der Waals surface area contributed by atoms with Gasteiger partial charge < -0.3 is 15.3 Å². The molecule has 9 atom stereocenters. The summed E-state index contributed by atoms with van der Waals surface area (Å²) in [7, 11) is 0. The van der Waals surface area contributed by atoms with Crippen LogP contribution in [0, 0.1) is 40.4 Å². The van der Waals surface area contributed by atoms with Crippen LogP contribution in [0.4, 0.5) is 0 Å². The van der Waals surface area contributed by atoms with E-state index in [-0.39, 0.29) is 11.3 Å². The van der Waals surface area contributed by atoms with Crippen molar-refractivity contribution in [3.8, 4) is 0 Å². The molecule has 0 unspecified atom stereocenters. The number of fused-ring (bicyclic) bond motifs is 5. The van der Waals surface area contributed by atoms with Crippen LogP contribution in [0.1, 0.15) is 105 Å². The molecule has 0 radical (unpaired) electrons. The number of hydrogen-bond donors (Lipinski definition) is 3. The van der Waals surface area contributed by atoms with E-state index in [0.717, 1.165) is 44.4 Å². The maximum atomic E-state index is 11.8. The quantitative estimate of drug-likeness (QED) is 0.244. The predicted molar refractivity (Wildman–Crippen MR) is 145 cm³/mol. The largest absolute Gasteiger partial charge is 0.392 e. The van der Waals surface area contributed by atoms with Crippen LogP contribution in [0.25, 0.3) is 0 Å². The second-order valence-electron chi connectivity index (χ2n) is 13.8. The van der Waals surface area contributed by atoms with Gasteiger partial charge in [-0.1, -0.05) is 63.0 Å². The fraction of sp³-hybridized carbons (Fsp3) is 0.812. The highest BCUT2D eigenvalue weighted by atomic mass is 16.3. The van der Waals surface area contributed by atoms with Gasteiger partial charge in [0, 0.05) is 11.3 Å². The highest BCUT2D eigenvalue weighted by Crippen LogP contribution is 2.66. The predicted octanol–water partition coefficient (Wildman–Crippen LogP) is 6.98. The average molecular weight is 485 g/mol. The monoisotopic (exact) mass is 484 g/mol. The molecule has 35 heavy (non-hydrogen) atoms. The third kappa shape index (κ3) is 4.87. The Balaban J connectivity index is 1.53. The van der Waals surface area contributed by atoms with Gasteiger partial charge in [0.2, 0.25) is 0 Å². The minimum absolute atomic E-state index is 0.0446. The molecule has 3 fully saturated rings. The lowest BCUT2D eigenvalue weighted by Crippen LogP contribution is -2.56. The standard InChI is InChI=1S/C32H52O3/c1-7-8-9-12-24-28(33)20-22-13-14-23-26-16-15-25(21(2)11-10-18-30(3,4)35)31(26,5)19-17-27(23)32(22,6)29(24)34/h7,13-14,21,24-29,33-35H,1,8-12,15-20H2,2-6H3/t21-,24-,25-,26+,27+,28-,29+,31-,32+/m1/s1. The SMILES string of the molecule is C=CCCC[C@@H]1[C@H](O)CC2=CC=C3[C@@H]4CC[C@H]([C@H](C)CCCC(C)(C)O)[C@@]4(C)CC[C@@H]3[C@@]2(C)[C@H]1O. The number of unbranched alkanes of at least 4 members (excludes halogenated alkanes) is 1. The van der Waals surface area contributed by atoms with Crippen molar-refractivity contribution in [2.45, 2.75) is 123 Å². The molecule has 0 bridgehead atoms. The third-order valence-corrected chi connectivity index (χ3v) is 11.1. The second kappa shape index (κ2) is 10.1. The van der Waals surface area contributed by atoms with Crippen LogP contribution in [0.5, 0.6) is 0 Å². The van der Waals surface area contributed by atoms with Gasteiger partial charge in [0.1, 0.15) is 0 Å². The van der Waals surface area contributed by atoms with E-state index in [1.807, 2.05) is 19.9 Å². The summed E-state index contributed by atoms with van der Waals surface area (Å²) in [6.07, 6.45) is 17.3. The first-order valence-electron chi connectivity index (χ1n) is 14.5. The first-order chi connectivity index (χ1) is 16.4. The minimum atomic E-state index is -0.565. The molecule has 0 spiro atoms. The molecule has 0 saturated heterocycles. The maximum absolute atomic E-state index is 11.8. The Morgan fingerprint density at radius 2 is 1.86 bits per heavy atom. The van der Waals surface area contributed by atoms with E-state index in [9.17, 15) is 15.3 Å². The maximum Gasteiger partial charge on any atom is 0.0689 e. The van der Waals surface area contributed by atoms with E-state index in [1.165, 1.54) is 31.3 Å². The van der Waals surface area contributed by atoms with Gasteiger partial charge in [0.05, 0.1) is 17.8 Å². The summed E-state index contributed by atoms with van der Waals surface area (Å²) in [4.78, 5) is 0. The van der Waals surface area contributed by atoms with Gasteiger partial charge in [0.25, 0.3) is 0 Å². The zero-order valence-electron chi connectivity index (χ0n) is 23.1. The van der Waals surface area contributed by atoms with Crippen LogP contribution in [-0.2, 0) is 0 Å². The topological polar surface area (TPSA) is 60.7 Å². The fourth-order valence-corrected chi connectivity index (χ4v) is 9.07. The van der Waals surface area contributed by atoms with Crippen molar-refractivity contribution in [2.75, 3.05) is 0 Å². The van der Waals surface area contributed by atoms with Crippen molar-refractivity contribution in [3.05, 3.63) is 36.0 Å². The molecular formula is C32H52O3. The molecule has 3 nitrogen and oxygen atoms in total. The van der Waals surface area contributed by atoms with E-state index in [1.54, 1.807) is 5.57 Å². The van der Waals surface area contributed by atoms with E-state index < -0.39 is 17.8 Å². The molecule has 4 aliphatic rings. The van der Waals surface area contributed by atoms with Gasteiger partial charge >= 0.3 is 0 Å². The second-order valence-corrected chi connectivity index (χ2v) is 13.8. The summed E-state index contributed by atoms with van der Waals surface area (Å²) < 4.78 is 0. The van der Waals surface area contributed by atoms with Gasteiger partial charge in [-0.3, -0.25) is 0 Å². The van der Waals surface area contributed by atoms with Gasteiger partial charge in [-0.05, 0) is 101 Å². The van der Waals surface area contributed by atoms with Crippen molar-refractivity contribution < 1.29 is 15.3 Å². The van der Waals surface area contributed by atoms with Crippen LogP contribution < -0.4 is 0 Å². The van der Waals surface area contributed by atoms with E-state index in [2.05, 4.69) is 39.5 Å². The summed E-state index contributed by atoms with van der Waals surface area (Å²) in [5.74, 6) is 2.38. The van der Waals surface area contributed by atoms with Crippen molar-refractivity contribution in [3.63, 3.8) is 0 Å². The summed E-state index contributed by atoms with van der Waals surface area (Å²) in [6.45, 7) is 15.0. The average Bonchev–Trinajstić information content (AvgIpc) is 3.14. The Kier molecular flexibility index (Phi) is 7.84. The first-order valence-corrected chi connectivity index (χ1v) is 14.5. The smallest absolute Gasteiger partial charge is 0.0689 e. The summed E-state index contributed by atoms with van der Waals surface area (Å²) in [5, 5.41) is 32.8. The normalized spacial score (nSPS) is 41.8. The fourth-order valence-electron chi connectivity index (χ4n) is 9.07. The molecule has 0 aromatic rings. The number of aliphatic hydroxyl groups is 3. The molecule has 0 aliphatic heterocycles. The third-order valence-electron chi connectivity index (χ3n) is 11.1. The molecule has 0 aromatic heterocycles. The first kappa shape index (κ1) is 27.1. The number of hydrogen-bond acceptors (Lipinski definition) is 3. The molecule has 4 rings (SSSR count). The summed E-state index contributed by atoms with van der Waals surface area (Å²) in [6, 6.07) is 0. The zero-order valence-corrected chi connectivity index (χ0v) is 23.1. The van der Waals surface area contributed by atoms with Crippen LogP contribution in [-0.4, -0.2) is 33.1 Å². The Morgan fingerprint density at radius 3 is 2.54 bits per heavy atom. The van der Waals surface area contributed by atoms with Gasteiger partial charge in [-0.15, -0.1) is 6.58 Å². The van der Waals surface area contributed by atoms with Crippen molar-refractivity contribution >= 4 is 0 Å². The minimum Gasteiger partial charge on any atom is -0.392 e. The molecule has 0 aromatic carbocycles. The Hall–Kier alpha value is -0.900. The van der Waals surface area contributed by atoms with Crippen molar-refractivity contribution in [2.24, 2.45) is 40.4 Å². The molecule has 3 heteroatoms. The van der Waals surface area contributed by atoms with E-state index >= 15 is 0 Å². The summed E-state index contributed by atoms with van der Waals surface area (Å²) >= 11 is 0. The number of aliphatic hydroxyl groups excluding tert-OH is 2. The Labute approximate surface area is 214 Å². The highest BCUT2D eigenvalue weighted by Gasteiger charge is 2.60. The molecule has 4 aliphatic carbocycles. The summed E-state index contributed by atoms with van der Waals surface area (Å²) in [5.41, 5.74) is 2.38. The van der Waals surface area contributed by atoms with Crippen molar-refractivity contribution in [1.29, 1.82) is 0 Å². The van der Waals surface area contributed by atoms with Gasteiger partial charge in [-0.2, -0.15) is 0 Å². The van der Waals surface area contributed by atoms with Crippen molar-refractivity contribution in [1.82, 2.24) is 0 Å². The lowest BCUT2D eigenvalue weighted by Gasteiger charge is -2.58. The Bertz CT molecular complexity index is 834. The Morgan fingerprint density at radius 1 is 1.11 bits per heavy atom. The number of allylic oxidation sites excluding steroid dienone is 4. The van der Waals surface area contributed by atoms with Crippen LogP contribution >= 0.6 is 0 Å². The molecule has 3 N–H and O–H groups in total. The number of rotatable bonds is 9. The van der Waals surface area contributed by atoms with E-state index in [4.69, 9.17) is 0 Å². The molecule has 198 valence electrons. The van der Waals surface area contributed by atoms with Crippen LogP contribution in [0.3, 0.4) is 0 Å². The van der Waals surface area contributed by atoms with Crippen LogP contribution in [0.2, 0.25) is 0 Å². The lowest BCUT2D eigenvalue weighted by atomic mass is 9.48. The van der Waals surface area contributed by atoms with E-state index in [0.29, 0.717) is 29.6 Å². The van der Waals surface area contributed by atoms with Gasteiger partial charge in [-0.25, -0.2) is 0 Å². The molecule has 3 saturated carbocycles. The van der Waals surface area contributed by atoms with Gasteiger partial charge in [0.15, 0.2) is 0 Å². The highest BCUT2D eigenvalue weighted by molar-refractivity contribution is 5.40. The molecular weight excluding hydrogens is 432 g/mol. The van der Waals surface area contributed by atoms with Crippen LogP contribution in [0.15, 0.2) is 36.0 Å². The zero-order chi connectivity index (χ0) is 25.6.